The number of hydrogen-bond acceptors (Lipinski definition) is 2. The molecule has 0 atom stereocenters. The Morgan fingerprint density at radius 3 is 2.42 bits per heavy atom. The summed E-state index contributed by atoms with van der Waals surface area (Å²) in [5, 5.41) is 5.35. The van der Waals surface area contributed by atoms with Crippen molar-refractivity contribution in [1.29, 1.82) is 0 Å². The number of nitrogens with one attached hydrogen (secondary N) is 2. The van der Waals surface area contributed by atoms with E-state index in [1.165, 1.54) is 0 Å². The fourth-order valence-corrected chi connectivity index (χ4v) is 1.47. The zero-order valence-electron chi connectivity index (χ0n) is 10.9. The van der Waals surface area contributed by atoms with Gasteiger partial charge in [-0.15, -0.1) is 0 Å². The number of benzene rings is 1. The van der Waals surface area contributed by atoms with Crippen LogP contribution < -0.4 is 10.6 Å². The zero-order valence-corrected chi connectivity index (χ0v) is 10.9. The maximum absolute atomic E-state index is 13.3. The molecule has 0 spiro atoms. The molecule has 0 radical (unpaired) electrons. The Bertz CT molecular complexity index is 450. The van der Waals surface area contributed by atoms with Crippen LogP contribution in [0.5, 0.6) is 0 Å². The molecule has 3 nitrogen and oxygen atoms in total. The highest BCUT2D eigenvalue weighted by Gasteiger charge is 2.12. The molecule has 0 saturated carbocycles. The van der Waals surface area contributed by atoms with Gasteiger partial charge < -0.3 is 10.6 Å². The summed E-state index contributed by atoms with van der Waals surface area (Å²) >= 11 is 0. The van der Waals surface area contributed by atoms with Crippen LogP contribution in [0, 0.1) is 17.5 Å². The molecule has 0 heterocycles. The number of rotatable bonds is 6. The van der Waals surface area contributed by atoms with Crippen LogP contribution in [0.25, 0.3) is 0 Å². The van der Waals surface area contributed by atoms with Crippen LogP contribution in [-0.2, 0) is 4.79 Å². The summed E-state index contributed by atoms with van der Waals surface area (Å²) in [6, 6.07) is 1.37. The smallest absolute Gasteiger partial charge is 0.224 e. The highest BCUT2D eigenvalue weighted by Crippen LogP contribution is 2.18. The highest BCUT2D eigenvalue weighted by atomic mass is 19.2. The molecule has 19 heavy (non-hydrogen) atoms. The monoisotopic (exact) mass is 274 g/mol. The molecular formula is C13H17F3N2O. The van der Waals surface area contributed by atoms with E-state index in [1.54, 1.807) is 0 Å². The average molecular weight is 274 g/mol. The van der Waals surface area contributed by atoms with Gasteiger partial charge in [-0.05, 0) is 13.0 Å². The van der Waals surface area contributed by atoms with Gasteiger partial charge in [-0.1, -0.05) is 13.8 Å². The van der Waals surface area contributed by atoms with Crippen LogP contribution in [-0.4, -0.2) is 18.5 Å². The number of hydrogen-bond donors (Lipinski definition) is 2. The fraction of sp³-hybridized carbons (Fsp3) is 0.462. The molecule has 0 fully saturated rings. The number of carbonyl (C=O) groups is 1. The summed E-state index contributed by atoms with van der Waals surface area (Å²) in [5.74, 6) is -3.90. The van der Waals surface area contributed by atoms with Crippen molar-refractivity contribution in [1.82, 2.24) is 5.32 Å². The molecular weight excluding hydrogens is 257 g/mol. The SMILES string of the molecule is CC(C)NCCCC(=O)Nc1cc(F)c(F)cc1F. The van der Waals surface area contributed by atoms with Gasteiger partial charge >= 0.3 is 0 Å². The van der Waals surface area contributed by atoms with Crippen molar-refractivity contribution in [3.63, 3.8) is 0 Å². The topological polar surface area (TPSA) is 41.1 Å². The first-order valence-electron chi connectivity index (χ1n) is 6.08. The number of carbonyl (C=O) groups excluding carboxylic acids is 1. The van der Waals surface area contributed by atoms with Crippen molar-refractivity contribution in [3.05, 3.63) is 29.6 Å². The Balaban J connectivity index is 2.46. The van der Waals surface area contributed by atoms with E-state index >= 15 is 0 Å². The third kappa shape index (κ3) is 5.30. The average Bonchev–Trinajstić information content (AvgIpc) is 2.31. The Kier molecular flexibility index (Phi) is 5.82. The van der Waals surface area contributed by atoms with Crippen LogP contribution in [0.2, 0.25) is 0 Å². The van der Waals surface area contributed by atoms with Crippen molar-refractivity contribution >= 4 is 11.6 Å². The minimum absolute atomic E-state index is 0.179. The lowest BCUT2D eigenvalue weighted by molar-refractivity contribution is -0.116. The molecule has 0 aliphatic carbocycles. The van der Waals surface area contributed by atoms with Gasteiger partial charge in [0.2, 0.25) is 5.91 Å². The van der Waals surface area contributed by atoms with E-state index in [4.69, 9.17) is 0 Å². The van der Waals surface area contributed by atoms with Gasteiger partial charge in [0.05, 0.1) is 5.69 Å². The molecule has 0 saturated heterocycles. The van der Waals surface area contributed by atoms with E-state index in [9.17, 15) is 18.0 Å². The van der Waals surface area contributed by atoms with Crippen LogP contribution >= 0.6 is 0 Å². The second-order valence-corrected chi connectivity index (χ2v) is 4.51. The Morgan fingerprint density at radius 1 is 1.16 bits per heavy atom. The maximum Gasteiger partial charge on any atom is 0.224 e. The molecule has 2 N–H and O–H groups in total. The van der Waals surface area contributed by atoms with E-state index in [2.05, 4.69) is 10.6 Å². The normalized spacial score (nSPS) is 10.8. The molecule has 6 heteroatoms. The second kappa shape index (κ2) is 7.13. The van der Waals surface area contributed by atoms with Crippen molar-refractivity contribution in [2.75, 3.05) is 11.9 Å². The van der Waals surface area contributed by atoms with E-state index in [-0.39, 0.29) is 12.1 Å². The fourth-order valence-electron chi connectivity index (χ4n) is 1.47. The first kappa shape index (κ1) is 15.5. The minimum Gasteiger partial charge on any atom is -0.324 e. The van der Waals surface area contributed by atoms with Gasteiger partial charge in [-0.25, -0.2) is 13.2 Å². The predicted octanol–water partition coefficient (Wildman–Crippen LogP) is 2.82. The lowest BCUT2D eigenvalue weighted by atomic mass is 10.2. The Hall–Kier alpha value is -1.56. The van der Waals surface area contributed by atoms with Crippen LogP contribution in [0.4, 0.5) is 18.9 Å². The standard InChI is InChI=1S/C13H17F3N2O/c1-8(2)17-5-3-4-13(19)18-12-7-10(15)9(14)6-11(12)16/h6-8,17H,3-5H2,1-2H3,(H,18,19). The van der Waals surface area contributed by atoms with E-state index < -0.39 is 23.4 Å². The maximum atomic E-state index is 13.3. The minimum atomic E-state index is -1.28. The highest BCUT2D eigenvalue weighted by molar-refractivity contribution is 5.90. The Labute approximate surface area is 110 Å². The summed E-state index contributed by atoms with van der Waals surface area (Å²) in [4.78, 5) is 11.5. The third-order valence-corrected chi connectivity index (χ3v) is 2.42. The van der Waals surface area contributed by atoms with Gasteiger partial charge in [0, 0.05) is 24.6 Å². The predicted molar refractivity (Wildman–Crippen MR) is 67.3 cm³/mol. The molecule has 1 aromatic rings. The molecule has 0 aromatic heterocycles. The van der Waals surface area contributed by atoms with Crippen molar-refractivity contribution in [2.45, 2.75) is 32.7 Å². The van der Waals surface area contributed by atoms with E-state index in [1.807, 2.05) is 13.8 Å². The summed E-state index contributed by atoms with van der Waals surface area (Å²) in [6.07, 6.45) is 0.757. The van der Waals surface area contributed by atoms with Crippen LogP contribution in [0.15, 0.2) is 12.1 Å². The second-order valence-electron chi connectivity index (χ2n) is 4.51. The largest absolute Gasteiger partial charge is 0.324 e. The van der Waals surface area contributed by atoms with Crippen LogP contribution in [0.3, 0.4) is 0 Å². The summed E-state index contributed by atoms with van der Waals surface area (Å²) in [7, 11) is 0. The lowest BCUT2D eigenvalue weighted by Crippen LogP contribution is -2.24. The summed E-state index contributed by atoms with van der Waals surface area (Å²) in [6.45, 7) is 4.62. The Morgan fingerprint density at radius 2 is 1.79 bits per heavy atom. The van der Waals surface area contributed by atoms with E-state index in [0.29, 0.717) is 31.1 Å². The zero-order chi connectivity index (χ0) is 14.4. The van der Waals surface area contributed by atoms with E-state index in [0.717, 1.165) is 0 Å². The third-order valence-electron chi connectivity index (χ3n) is 2.42. The van der Waals surface area contributed by atoms with Gasteiger partial charge in [0.15, 0.2) is 11.6 Å². The molecule has 0 bridgehead atoms. The molecule has 1 rings (SSSR count). The summed E-state index contributed by atoms with van der Waals surface area (Å²) < 4.78 is 38.8. The van der Waals surface area contributed by atoms with Crippen molar-refractivity contribution < 1.29 is 18.0 Å². The number of halogens is 3. The quantitative estimate of drug-likeness (QED) is 0.618. The number of anilines is 1. The van der Waals surface area contributed by atoms with Crippen LogP contribution in [0.1, 0.15) is 26.7 Å². The lowest BCUT2D eigenvalue weighted by Gasteiger charge is -2.09. The number of amides is 1. The summed E-state index contributed by atoms with van der Waals surface area (Å²) in [5.41, 5.74) is -0.347. The molecule has 0 unspecified atom stereocenters. The van der Waals surface area contributed by atoms with Gasteiger partial charge in [0.25, 0.3) is 0 Å². The molecule has 0 aliphatic rings. The molecule has 1 amide bonds. The van der Waals surface area contributed by atoms with Gasteiger partial charge in [-0.2, -0.15) is 0 Å². The van der Waals surface area contributed by atoms with Crippen molar-refractivity contribution in [2.24, 2.45) is 0 Å². The molecule has 0 aliphatic heterocycles. The van der Waals surface area contributed by atoms with Crippen molar-refractivity contribution in [3.8, 4) is 0 Å². The van der Waals surface area contributed by atoms with Gasteiger partial charge in [-0.3, -0.25) is 4.79 Å². The first-order valence-corrected chi connectivity index (χ1v) is 6.08. The van der Waals surface area contributed by atoms with Gasteiger partial charge in [0.1, 0.15) is 5.82 Å². The molecule has 106 valence electrons. The first-order chi connectivity index (χ1) is 8.90. The molecule has 1 aromatic carbocycles.